The van der Waals surface area contributed by atoms with Crippen molar-refractivity contribution in [2.75, 3.05) is 11.3 Å². The van der Waals surface area contributed by atoms with E-state index in [1.54, 1.807) is 6.92 Å². The molecule has 0 spiro atoms. The standard InChI is InChI=1S/C16H17FN2O4S/c1-11(10-20)18-16(21)12-3-2-4-15(9-12)24(22,23)19-14-7-5-13(17)6-8-14/h2-9,11,19-20H,10H2,1H3,(H,18,21). The van der Waals surface area contributed by atoms with Gasteiger partial charge in [0.1, 0.15) is 5.82 Å². The molecule has 24 heavy (non-hydrogen) atoms. The zero-order valence-corrected chi connectivity index (χ0v) is 13.7. The van der Waals surface area contributed by atoms with Crippen LogP contribution in [0.15, 0.2) is 53.4 Å². The van der Waals surface area contributed by atoms with E-state index in [0.717, 1.165) is 12.1 Å². The van der Waals surface area contributed by atoms with Gasteiger partial charge in [-0.1, -0.05) is 6.07 Å². The summed E-state index contributed by atoms with van der Waals surface area (Å²) in [6.45, 7) is 1.39. The molecule has 6 nitrogen and oxygen atoms in total. The van der Waals surface area contributed by atoms with Crippen LogP contribution in [0.25, 0.3) is 0 Å². The summed E-state index contributed by atoms with van der Waals surface area (Å²) in [5.74, 6) is -0.968. The van der Waals surface area contributed by atoms with Crippen molar-refractivity contribution >= 4 is 21.6 Å². The number of aliphatic hydroxyl groups is 1. The molecule has 0 aliphatic carbocycles. The van der Waals surface area contributed by atoms with Gasteiger partial charge in [0.25, 0.3) is 15.9 Å². The van der Waals surface area contributed by atoms with Gasteiger partial charge in [0, 0.05) is 17.3 Å². The van der Waals surface area contributed by atoms with Gasteiger partial charge in [-0.05, 0) is 49.4 Å². The van der Waals surface area contributed by atoms with E-state index >= 15 is 0 Å². The van der Waals surface area contributed by atoms with Crippen LogP contribution in [-0.4, -0.2) is 32.1 Å². The maximum atomic E-state index is 12.9. The Labute approximate surface area is 139 Å². The Morgan fingerprint density at radius 1 is 1.21 bits per heavy atom. The number of benzene rings is 2. The molecule has 0 saturated heterocycles. The molecular weight excluding hydrogens is 335 g/mol. The first-order chi connectivity index (χ1) is 11.3. The molecule has 0 aliphatic heterocycles. The number of sulfonamides is 1. The number of carbonyl (C=O) groups is 1. The van der Waals surface area contributed by atoms with Crippen molar-refractivity contribution in [1.82, 2.24) is 5.32 Å². The van der Waals surface area contributed by atoms with Crippen molar-refractivity contribution in [3.63, 3.8) is 0 Å². The first kappa shape index (κ1) is 17.9. The molecule has 1 atom stereocenters. The Hall–Kier alpha value is -2.45. The minimum Gasteiger partial charge on any atom is -0.394 e. The Morgan fingerprint density at radius 2 is 1.88 bits per heavy atom. The summed E-state index contributed by atoms with van der Waals surface area (Å²) in [5, 5.41) is 11.5. The highest BCUT2D eigenvalue weighted by Crippen LogP contribution is 2.17. The van der Waals surface area contributed by atoms with E-state index in [1.807, 2.05) is 0 Å². The van der Waals surface area contributed by atoms with Gasteiger partial charge in [0.15, 0.2) is 0 Å². The molecule has 0 aliphatic rings. The Morgan fingerprint density at radius 3 is 2.50 bits per heavy atom. The molecule has 1 amide bonds. The van der Waals surface area contributed by atoms with Crippen molar-refractivity contribution in [2.24, 2.45) is 0 Å². The maximum absolute atomic E-state index is 12.9. The van der Waals surface area contributed by atoms with E-state index in [-0.39, 0.29) is 22.8 Å². The van der Waals surface area contributed by atoms with Crippen LogP contribution in [0.5, 0.6) is 0 Å². The first-order valence-electron chi connectivity index (χ1n) is 7.12. The summed E-state index contributed by atoms with van der Waals surface area (Å²) in [6, 6.07) is 9.90. The smallest absolute Gasteiger partial charge is 0.261 e. The number of nitrogens with one attached hydrogen (secondary N) is 2. The highest BCUT2D eigenvalue weighted by Gasteiger charge is 2.17. The maximum Gasteiger partial charge on any atom is 0.261 e. The fourth-order valence-electron chi connectivity index (χ4n) is 1.89. The predicted octanol–water partition coefficient (Wildman–Crippen LogP) is 1.74. The molecule has 1 unspecified atom stereocenters. The van der Waals surface area contributed by atoms with Crippen molar-refractivity contribution < 1.29 is 22.7 Å². The topological polar surface area (TPSA) is 95.5 Å². The summed E-state index contributed by atoms with van der Waals surface area (Å²) >= 11 is 0. The Bertz CT molecular complexity index is 822. The molecule has 0 fully saturated rings. The first-order valence-corrected chi connectivity index (χ1v) is 8.60. The van der Waals surface area contributed by atoms with Crippen molar-refractivity contribution in [3.05, 3.63) is 59.9 Å². The van der Waals surface area contributed by atoms with Crippen LogP contribution in [0.2, 0.25) is 0 Å². The number of aliphatic hydroxyl groups excluding tert-OH is 1. The fraction of sp³-hybridized carbons (Fsp3) is 0.188. The van der Waals surface area contributed by atoms with Crippen LogP contribution < -0.4 is 10.0 Å². The van der Waals surface area contributed by atoms with Crippen LogP contribution in [0.3, 0.4) is 0 Å². The average Bonchev–Trinajstić information content (AvgIpc) is 2.56. The Kier molecular flexibility index (Phi) is 5.53. The fourth-order valence-corrected chi connectivity index (χ4v) is 2.99. The molecule has 2 rings (SSSR count). The lowest BCUT2D eigenvalue weighted by Gasteiger charge is -2.12. The molecule has 0 heterocycles. The predicted molar refractivity (Wildman–Crippen MR) is 87.7 cm³/mol. The van der Waals surface area contributed by atoms with E-state index in [0.29, 0.717) is 0 Å². The minimum absolute atomic E-state index is 0.101. The van der Waals surface area contributed by atoms with Gasteiger partial charge in [0.05, 0.1) is 11.5 Å². The summed E-state index contributed by atoms with van der Waals surface area (Å²) in [6.07, 6.45) is 0. The van der Waals surface area contributed by atoms with Gasteiger partial charge in [-0.3, -0.25) is 9.52 Å². The number of amides is 1. The third kappa shape index (κ3) is 4.53. The summed E-state index contributed by atoms with van der Waals surface area (Å²) in [7, 11) is -3.92. The van der Waals surface area contributed by atoms with Crippen LogP contribution in [0, 0.1) is 5.82 Å². The Balaban J connectivity index is 2.23. The highest BCUT2D eigenvalue weighted by atomic mass is 32.2. The molecule has 0 aromatic heterocycles. The molecular formula is C16H17FN2O4S. The molecule has 0 radical (unpaired) electrons. The quantitative estimate of drug-likeness (QED) is 0.738. The van der Waals surface area contributed by atoms with E-state index in [2.05, 4.69) is 10.0 Å². The lowest BCUT2D eigenvalue weighted by molar-refractivity contribution is 0.0922. The zero-order valence-electron chi connectivity index (χ0n) is 12.9. The lowest BCUT2D eigenvalue weighted by atomic mass is 10.2. The number of rotatable bonds is 6. The third-order valence-electron chi connectivity index (χ3n) is 3.15. The van der Waals surface area contributed by atoms with Gasteiger partial charge in [-0.15, -0.1) is 0 Å². The number of hydrogen-bond acceptors (Lipinski definition) is 4. The lowest BCUT2D eigenvalue weighted by Crippen LogP contribution is -2.35. The third-order valence-corrected chi connectivity index (χ3v) is 4.53. The van der Waals surface area contributed by atoms with Crippen LogP contribution in [0.4, 0.5) is 10.1 Å². The van der Waals surface area contributed by atoms with Gasteiger partial charge in [-0.25, -0.2) is 12.8 Å². The van der Waals surface area contributed by atoms with Gasteiger partial charge in [0.2, 0.25) is 0 Å². The second-order valence-electron chi connectivity index (χ2n) is 5.20. The second kappa shape index (κ2) is 7.41. The van der Waals surface area contributed by atoms with Crippen molar-refractivity contribution in [1.29, 1.82) is 0 Å². The number of halogens is 1. The molecule has 3 N–H and O–H groups in total. The van der Waals surface area contributed by atoms with E-state index in [4.69, 9.17) is 5.11 Å². The van der Waals surface area contributed by atoms with Gasteiger partial charge in [-0.2, -0.15) is 0 Å². The average molecular weight is 352 g/mol. The molecule has 2 aromatic carbocycles. The largest absolute Gasteiger partial charge is 0.394 e. The SMILES string of the molecule is CC(CO)NC(=O)c1cccc(S(=O)(=O)Nc2ccc(F)cc2)c1. The van der Waals surface area contributed by atoms with Crippen LogP contribution >= 0.6 is 0 Å². The van der Waals surface area contributed by atoms with Crippen LogP contribution in [-0.2, 0) is 10.0 Å². The number of hydrogen-bond donors (Lipinski definition) is 3. The van der Waals surface area contributed by atoms with Crippen molar-refractivity contribution in [2.45, 2.75) is 17.9 Å². The molecule has 2 aromatic rings. The van der Waals surface area contributed by atoms with E-state index < -0.39 is 27.8 Å². The van der Waals surface area contributed by atoms with Crippen LogP contribution in [0.1, 0.15) is 17.3 Å². The van der Waals surface area contributed by atoms with E-state index in [1.165, 1.54) is 36.4 Å². The molecule has 0 bridgehead atoms. The molecule has 8 heteroatoms. The normalized spacial score (nSPS) is 12.5. The number of carbonyl (C=O) groups excluding carboxylic acids is 1. The van der Waals surface area contributed by atoms with Crippen molar-refractivity contribution in [3.8, 4) is 0 Å². The minimum atomic E-state index is -3.92. The molecule has 0 saturated carbocycles. The highest BCUT2D eigenvalue weighted by molar-refractivity contribution is 7.92. The van der Waals surface area contributed by atoms with E-state index in [9.17, 15) is 17.6 Å². The summed E-state index contributed by atoms with van der Waals surface area (Å²) in [5.41, 5.74) is 0.359. The monoisotopic (exact) mass is 352 g/mol. The second-order valence-corrected chi connectivity index (χ2v) is 6.88. The molecule has 128 valence electrons. The van der Waals surface area contributed by atoms with Gasteiger partial charge < -0.3 is 10.4 Å². The summed E-state index contributed by atoms with van der Waals surface area (Å²) < 4.78 is 39.9. The van der Waals surface area contributed by atoms with Gasteiger partial charge >= 0.3 is 0 Å². The number of anilines is 1. The zero-order chi connectivity index (χ0) is 17.7. The summed E-state index contributed by atoms with van der Waals surface area (Å²) in [4.78, 5) is 11.9.